The third kappa shape index (κ3) is 4.10. The third-order valence-corrected chi connectivity index (χ3v) is 4.74. The molecule has 0 radical (unpaired) electrons. The van der Waals surface area contributed by atoms with Crippen LogP contribution in [-0.4, -0.2) is 20.4 Å². The molecule has 0 aliphatic heterocycles. The average molecular weight is 416 g/mol. The fourth-order valence-electron chi connectivity index (χ4n) is 3.20. The minimum absolute atomic E-state index is 0.106. The molecule has 0 bridgehead atoms. The van der Waals surface area contributed by atoms with Crippen molar-refractivity contribution in [2.45, 2.75) is 6.54 Å². The number of H-pyrrole nitrogens is 1. The number of nitro benzene ring substituents is 1. The number of anilines is 1. The van der Waals surface area contributed by atoms with Gasteiger partial charge in [-0.25, -0.2) is 4.79 Å². The topological polar surface area (TPSA) is 127 Å². The maximum Gasteiger partial charge on any atom is 0.329 e. The van der Waals surface area contributed by atoms with Crippen molar-refractivity contribution in [1.82, 2.24) is 9.55 Å². The van der Waals surface area contributed by atoms with Crippen LogP contribution in [-0.2, 0) is 6.54 Å². The van der Waals surface area contributed by atoms with Gasteiger partial charge < -0.3 is 10.3 Å². The highest BCUT2D eigenvalue weighted by molar-refractivity contribution is 6.05. The SMILES string of the molecule is O=C(Nc1ccc2[nH]c(=O)n(Cc3ccccc3)c(=O)c2c1)c1cccc([N+](=O)[O-])c1. The number of hydrogen-bond donors (Lipinski definition) is 2. The van der Waals surface area contributed by atoms with Crippen molar-refractivity contribution >= 4 is 28.2 Å². The van der Waals surface area contributed by atoms with Crippen molar-refractivity contribution in [2.75, 3.05) is 5.32 Å². The number of non-ortho nitro benzene ring substituents is 1. The molecule has 1 heterocycles. The van der Waals surface area contributed by atoms with E-state index in [0.29, 0.717) is 11.2 Å². The van der Waals surface area contributed by atoms with E-state index in [4.69, 9.17) is 0 Å². The lowest BCUT2D eigenvalue weighted by Crippen LogP contribution is -2.35. The van der Waals surface area contributed by atoms with Crippen LogP contribution in [0.3, 0.4) is 0 Å². The second kappa shape index (κ2) is 8.07. The Kier molecular flexibility index (Phi) is 5.15. The summed E-state index contributed by atoms with van der Waals surface area (Å²) in [6, 6.07) is 18.9. The second-order valence-corrected chi connectivity index (χ2v) is 6.83. The van der Waals surface area contributed by atoms with E-state index in [0.717, 1.165) is 10.1 Å². The zero-order valence-corrected chi connectivity index (χ0v) is 16.1. The van der Waals surface area contributed by atoms with E-state index in [1.54, 1.807) is 0 Å². The van der Waals surface area contributed by atoms with Gasteiger partial charge in [0, 0.05) is 23.4 Å². The van der Waals surface area contributed by atoms with E-state index in [-0.39, 0.29) is 23.2 Å². The molecule has 0 atom stereocenters. The van der Waals surface area contributed by atoms with Gasteiger partial charge in [-0.05, 0) is 29.8 Å². The molecule has 1 aromatic heterocycles. The number of hydrogen-bond acceptors (Lipinski definition) is 5. The van der Waals surface area contributed by atoms with Gasteiger partial charge in [0.1, 0.15) is 0 Å². The molecule has 0 aliphatic rings. The Hall–Kier alpha value is -4.53. The summed E-state index contributed by atoms with van der Waals surface area (Å²) in [6.45, 7) is 0.106. The number of fused-ring (bicyclic) bond motifs is 1. The number of nitrogens with zero attached hydrogens (tertiary/aromatic N) is 2. The van der Waals surface area contributed by atoms with Gasteiger partial charge in [0.25, 0.3) is 17.2 Å². The summed E-state index contributed by atoms with van der Waals surface area (Å²) >= 11 is 0. The fraction of sp³-hybridized carbons (Fsp3) is 0.0455. The average Bonchev–Trinajstić information content (AvgIpc) is 2.78. The number of nitro groups is 1. The molecule has 1 amide bonds. The van der Waals surface area contributed by atoms with Crippen LogP contribution in [0.25, 0.3) is 10.9 Å². The molecule has 0 unspecified atom stereocenters. The molecule has 0 spiro atoms. The quantitative estimate of drug-likeness (QED) is 0.382. The van der Waals surface area contributed by atoms with Gasteiger partial charge >= 0.3 is 5.69 Å². The number of aromatic amines is 1. The second-order valence-electron chi connectivity index (χ2n) is 6.83. The molecule has 2 N–H and O–H groups in total. The summed E-state index contributed by atoms with van der Waals surface area (Å²) < 4.78 is 1.09. The molecular formula is C22H16N4O5. The fourth-order valence-corrected chi connectivity index (χ4v) is 3.20. The highest BCUT2D eigenvalue weighted by Gasteiger charge is 2.13. The summed E-state index contributed by atoms with van der Waals surface area (Å²) in [7, 11) is 0. The zero-order valence-electron chi connectivity index (χ0n) is 16.1. The number of rotatable bonds is 5. The van der Waals surface area contributed by atoms with E-state index < -0.39 is 22.1 Å². The largest absolute Gasteiger partial charge is 0.329 e. The summed E-state index contributed by atoms with van der Waals surface area (Å²) in [5.74, 6) is -0.558. The van der Waals surface area contributed by atoms with Crippen LogP contribution < -0.4 is 16.6 Å². The predicted octanol–water partition coefficient (Wildman–Crippen LogP) is 2.90. The Morgan fingerprint density at radius 1 is 1.00 bits per heavy atom. The number of benzene rings is 3. The standard InChI is InChI=1S/C22H16N4O5/c27-20(15-7-4-8-17(11-15)26(30)31)23-16-9-10-19-18(12-16)21(28)25(22(29)24-19)13-14-5-2-1-3-6-14/h1-12H,13H2,(H,23,27)(H,24,29). The van der Waals surface area contributed by atoms with E-state index in [1.165, 1.54) is 42.5 Å². The Balaban J connectivity index is 1.68. The van der Waals surface area contributed by atoms with E-state index in [9.17, 15) is 24.5 Å². The smallest absolute Gasteiger partial charge is 0.322 e. The molecule has 0 saturated heterocycles. The number of nitrogens with one attached hydrogen (secondary N) is 2. The number of aromatic nitrogens is 2. The first kappa shape index (κ1) is 19.8. The summed E-state index contributed by atoms with van der Waals surface area (Å²) in [6.07, 6.45) is 0. The van der Waals surface area contributed by atoms with E-state index in [2.05, 4.69) is 10.3 Å². The van der Waals surface area contributed by atoms with Crippen LogP contribution in [0.2, 0.25) is 0 Å². The molecule has 0 saturated carbocycles. The van der Waals surface area contributed by atoms with Gasteiger partial charge in [0.2, 0.25) is 0 Å². The predicted molar refractivity (Wildman–Crippen MR) is 115 cm³/mol. The first-order valence-electron chi connectivity index (χ1n) is 9.29. The first-order chi connectivity index (χ1) is 14.9. The lowest BCUT2D eigenvalue weighted by atomic mass is 10.1. The number of carbonyl (C=O) groups excluding carboxylic acids is 1. The maximum absolute atomic E-state index is 12.9. The van der Waals surface area contributed by atoms with Gasteiger partial charge in [-0.1, -0.05) is 36.4 Å². The van der Waals surface area contributed by atoms with Crippen molar-refractivity contribution in [3.8, 4) is 0 Å². The summed E-state index contributed by atoms with van der Waals surface area (Å²) in [4.78, 5) is 50.8. The van der Waals surface area contributed by atoms with Crippen LogP contribution in [0.15, 0.2) is 82.4 Å². The Bertz CT molecular complexity index is 1420. The van der Waals surface area contributed by atoms with Gasteiger partial charge in [0.15, 0.2) is 0 Å². The molecule has 9 nitrogen and oxygen atoms in total. The number of carbonyl (C=O) groups is 1. The van der Waals surface area contributed by atoms with Gasteiger partial charge in [0.05, 0.1) is 22.4 Å². The van der Waals surface area contributed by atoms with Gasteiger partial charge in [-0.3, -0.25) is 24.3 Å². The minimum atomic E-state index is -0.585. The monoisotopic (exact) mass is 416 g/mol. The molecule has 0 fully saturated rings. The maximum atomic E-state index is 12.9. The molecule has 4 rings (SSSR count). The number of amides is 1. The highest BCUT2D eigenvalue weighted by atomic mass is 16.6. The van der Waals surface area contributed by atoms with Crippen molar-refractivity contribution in [3.05, 3.63) is 115 Å². The molecule has 154 valence electrons. The van der Waals surface area contributed by atoms with E-state index in [1.807, 2.05) is 30.3 Å². The van der Waals surface area contributed by atoms with Gasteiger partial charge in [-0.2, -0.15) is 0 Å². The van der Waals surface area contributed by atoms with Crippen LogP contribution in [0.1, 0.15) is 15.9 Å². The van der Waals surface area contributed by atoms with Crippen LogP contribution >= 0.6 is 0 Å². The Morgan fingerprint density at radius 3 is 2.52 bits per heavy atom. The van der Waals surface area contributed by atoms with Crippen molar-refractivity contribution in [3.63, 3.8) is 0 Å². The minimum Gasteiger partial charge on any atom is -0.322 e. The molecule has 31 heavy (non-hydrogen) atoms. The lowest BCUT2D eigenvalue weighted by Gasteiger charge is -2.09. The van der Waals surface area contributed by atoms with Crippen molar-refractivity contribution < 1.29 is 9.72 Å². The van der Waals surface area contributed by atoms with Crippen molar-refractivity contribution in [2.24, 2.45) is 0 Å². The molecule has 3 aromatic carbocycles. The van der Waals surface area contributed by atoms with Crippen LogP contribution in [0.4, 0.5) is 11.4 Å². The molecule has 9 heteroatoms. The van der Waals surface area contributed by atoms with Crippen molar-refractivity contribution in [1.29, 1.82) is 0 Å². The van der Waals surface area contributed by atoms with E-state index >= 15 is 0 Å². The third-order valence-electron chi connectivity index (χ3n) is 4.74. The van der Waals surface area contributed by atoms with Crippen LogP contribution in [0.5, 0.6) is 0 Å². The lowest BCUT2D eigenvalue weighted by molar-refractivity contribution is -0.384. The summed E-state index contributed by atoms with van der Waals surface area (Å²) in [5, 5.41) is 13.8. The zero-order chi connectivity index (χ0) is 22.0. The summed E-state index contributed by atoms with van der Waals surface area (Å²) in [5.41, 5.74) is 0.338. The Labute approximate surface area is 174 Å². The molecular weight excluding hydrogens is 400 g/mol. The molecule has 0 aliphatic carbocycles. The van der Waals surface area contributed by atoms with Crippen LogP contribution in [0, 0.1) is 10.1 Å². The van der Waals surface area contributed by atoms with Gasteiger partial charge in [-0.15, -0.1) is 0 Å². The normalized spacial score (nSPS) is 10.7. The first-order valence-corrected chi connectivity index (χ1v) is 9.29. The Morgan fingerprint density at radius 2 is 1.77 bits per heavy atom. The highest BCUT2D eigenvalue weighted by Crippen LogP contribution is 2.17. The molecule has 4 aromatic rings.